The molecule has 0 amide bonds. The van der Waals surface area contributed by atoms with E-state index in [1.54, 1.807) is 17.1 Å². The van der Waals surface area contributed by atoms with Crippen LogP contribution in [0.3, 0.4) is 0 Å². The fourth-order valence-corrected chi connectivity index (χ4v) is 2.40. The molecule has 1 fully saturated rings. The van der Waals surface area contributed by atoms with Crippen LogP contribution in [0.1, 0.15) is 11.1 Å². The fraction of sp³-hybridized carbons (Fsp3) is 0.312. The van der Waals surface area contributed by atoms with Crippen molar-refractivity contribution in [2.75, 3.05) is 26.3 Å². The Bertz CT molecular complexity index is 861. The van der Waals surface area contributed by atoms with E-state index in [4.69, 9.17) is 4.74 Å². The lowest BCUT2D eigenvalue weighted by Gasteiger charge is -2.23. The predicted octanol–water partition coefficient (Wildman–Crippen LogP) is 0.206. The Hall–Kier alpha value is -2.87. The highest BCUT2D eigenvalue weighted by Gasteiger charge is 2.15. The molecule has 0 radical (unpaired) electrons. The molecule has 2 aromatic rings. The summed E-state index contributed by atoms with van der Waals surface area (Å²) in [6.07, 6.45) is 1.27. The summed E-state index contributed by atoms with van der Waals surface area (Å²) in [7, 11) is 0. The van der Waals surface area contributed by atoms with Crippen LogP contribution in [-0.2, 0) is 4.74 Å². The van der Waals surface area contributed by atoms with Gasteiger partial charge in [0.1, 0.15) is 5.56 Å². The standard InChI is InChI=1S/C16H18N4O4/c1-11-2-4-12(5-3-11)20-15(22)13(14(21)18-16(20)23)10-17-19-6-8-24-9-7-19/h2-5,10,22H,6-9H2,1H3,(H,18,21,23). The summed E-state index contributed by atoms with van der Waals surface area (Å²) in [6.45, 7) is 4.24. The number of nitrogens with one attached hydrogen (secondary N) is 1. The molecule has 1 saturated heterocycles. The van der Waals surface area contributed by atoms with Crippen molar-refractivity contribution in [2.45, 2.75) is 6.92 Å². The summed E-state index contributed by atoms with van der Waals surface area (Å²) in [5, 5.41) is 16.3. The first-order valence-corrected chi connectivity index (χ1v) is 7.58. The number of hydrogen-bond donors (Lipinski definition) is 2. The number of benzene rings is 1. The highest BCUT2D eigenvalue weighted by Crippen LogP contribution is 2.15. The van der Waals surface area contributed by atoms with Gasteiger partial charge in [-0.25, -0.2) is 9.36 Å². The molecule has 8 nitrogen and oxygen atoms in total. The van der Waals surface area contributed by atoms with E-state index >= 15 is 0 Å². The number of aromatic hydroxyl groups is 1. The Morgan fingerprint density at radius 2 is 1.88 bits per heavy atom. The first-order chi connectivity index (χ1) is 11.6. The van der Waals surface area contributed by atoms with Gasteiger partial charge in [-0.3, -0.25) is 14.8 Å². The van der Waals surface area contributed by atoms with Crippen molar-refractivity contribution in [1.29, 1.82) is 0 Å². The summed E-state index contributed by atoms with van der Waals surface area (Å²) in [5.41, 5.74) is 0.0228. The normalized spacial score (nSPS) is 15.1. The summed E-state index contributed by atoms with van der Waals surface area (Å²) >= 11 is 0. The van der Waals surface area contributed by atoms with Gasteiger partial charge in [0.15, 0.2) is 0 Å². The molecule has 0 bridgehead atoms. The second kappa shape index (κ2) is 6.71. The van der Waals surface area contributed by atoms with Crippen LogP contribution in [0.2, 0.25) is 0 Å². The van der Waals surface area contributed by atoms with Crippen molar-refractivity contribution in [3.8, 4) is 11.6 Å². The van der Waals surface area contributed by atoms with E-state index in [-0.39, 0.29) is 5.56 Å². The number of aromatic amines is 1. The van der Waals surface area contributed by atoms with Crippen molar-refractivity contribution in [3.63, 3.8) is 0 Å². The third-order valence-corrected chi connectivity index (χ3v) is 3.75. The smallest absolute Gasteiger partial charge is 0.335 e. The third-order valence-electron chi connectivity index (χ3n) is 3.75. The van der Waals surface area contributed by atoms with Crippen molar-refractivity contribution in [1.82, 2.24) is 14.6 Å². The van der Waals surface area contributed by atoms with E-state index in [1.807, 2.05) is 19.1 Å². The molecule has 3 rings (SSSR count). The number of hydrogen-bond acceptors (Lipinski definition) is 6. The molecule has 0 unspecified atom stereocenters. The highest BCUT2D eigenvalue weighted by molar-refractivity contribution is 5.82. The van der Waals surface area contributed by atoms with Gasteiger partial charge in [-0.2, -0.15) is 5.10 Å². The van der Waals surface area contributed by atoms with Crippen LogP contribution in [0.4, 0.5) is 0 Å². The molecule has 1 aliphatic rings. The lowest BCUT2D eigenvalue weighted by atomic mass is 10.2. The Kier molecular flexibility index (Phi) is 4.48. The minimum atomic E-state index is -0.704. The number of aryl methyl sites for hydroxylation is 1. The SMILES string of the molecule is Cc1ccc(-n2c(O)c(C=NN3CCOCC3)c(=O)[nH]c2=O)cc1. The number of aromatic nitrogens is 2. The molecular weight excluding hydrogens is 312 g/mol. The van der Waals surface area contributed by atoms with Crippen LogP contribution < -0.4 is 11.2 Å². The van der Waals surface area contributed by atoms with Gasteiger partial charge in [0, 0.05) is 0 Å². The number of hydrazone groups is 1. The molecule has 1 aromatic carbocycles. The van der Waals surface area contributed by atoms with E-state index in [1.165, 1.54) is 6.21 Å². The van der Waals surface area contributed by atoms with Gasteiger partial charge >= 0.3 is 5.69 Å². The van der Waals surface area contributed by atoms with Crippen LogP contribution in [0, 0.1) is 6.92 Å². The molecule has 126 valence electrons. The maximum Gasteiger partial charge on any atom is 0.335 e. The zero-order valence-electron chi connectivity index (χ0n) is 13.2. The number of nitrogens with zero attached hydrogens (tertiary/aromatic N) is 3. The van der Waals surface area contributed by atoms with E-state index < -0.39 is 17.1 Å². The molecule has 1 aromatic heterocycles. The molecule has 24 heavy (non-hydrogen) atoms. The van der Waals surface area contributed by atoms with Gasteiger partial charge in [-0.1, -0.05) is 17.7 Å². The van der Waals surface area contributed by atoms with Crippen molar-refractivity contribution < 1.29 is 9.84 Å². The van der Waals surface area contributed by atoms with Crippen LogP contribution in [0.25, 0.3) is 5.69 Å². The Morgan fingerprint density at radius 1 is 1.21 bits per heavy atom. The van der Waals surface area contributed by atoms with E-state index in [0.29, 0.717) is 32.0 Å². The van der Waals surface area contributed by atoms with Gasteiger partial charge < -0.3 is 9.84 Å². The van der Waals surface area contributed by atoms with Gasteiger partial charge in [0.05, 0.1) is 38.2 Å². The highest BCUT2D eigenvalue weighted by atomic mass is 16.5. The minimum absolute atomic E-state index is 0.0679. The summed E-state index contributed by atoms with van der Waals surface area (Å²) in [6, 6.07) is 7.01. The maximum atomic E-state index is 12.1. The van der Waals surface area contributed by atoms with Gasteiger partial charge in [0.25, 0.3) is 5.56 Å². The Balaban J connectivity index is 2.02. The Morgan fingerprint density at radius 3 is 2.54 bits per heavy atom. The monoisotopic (exact) mass is 330 g/mol. The molecule has 0 aliphatic carbocycles. The molecule has 8 heteroatoms. The molecule has 0 spiro atoms. The number of morpholine rings is 1. The topological polar surface area (TPSA) is 99.9 Å². The van der Waals surface area contributed by atoms with Crippen LogP contribution in [0.15, 0.2) is 39.0 Å². The lowest BCUT2D eigenvalue weighted by molar-refractivity contribution is 0.0396. The summed E-state index contributed by atoms with van der Waals surface area (Å²) in [4.78, 5) is 26.3. The average molecular weight is 330 g/mol. The molecule has 0 atom stereocenters. The van der Waals surface area contributed by atoms with Crippen LogP contribution >= 0.6 is 0 Å². The van der Waals surface area contributed by atoms with Crippen molar-refractivity contribution in [3.05, 3.63) is 56.2 Å². The van der Waals surface area contributed by atoms with E-state index in [0.717, 1.165) is 10.1 Å². The fourth-order valence-electron chi connectivity index (χ4n) is 2.40. The summed E-state index contributed by atoms with van der Waals surface area (Å²) in [5.74, 6) is -0.440. The second-order valence-corrected chi connectivity index (χ2v) is 5.48. The molecule has 1 aliphatic heterocycles. The van der Waals surface area contributed by atoms with Gasteiger partial charge in [0.2, 0.25) is 5.88 Å². The van der Waals surface area contributed by atoms with Gasteiger partial charge in [-0.15, -0.1) is 0 Å². The van der Waals surface area contributed by atoms with Crippen LogP contribution in [-0.4, -0.2) is 52.2 Å². The largest absolute Gasteiger partial charge is 0.493 e. The number of rotatable bonds is 3. The van der Waals surface area contributed by atoms with Crippen molar-refractivity contribution in [2.24, 2.45) is 5.10 Å². The quantitative estimate of drug-likeness (QED) is 0.784. The molecule has 0 saturated carbocycles. The first kappa shape index (κ1) is 16.0. The predicted molar refractivity (Wildman–Crippen MR) is 89.0 cm³/mol. The Labute approximate surface area is 137 Å². The van der Waals surface area contributed by atoms with Crippen LogP contribution in [0.5, 0.6) is 5.88 Å². The third kappa shape index (κ3) is 3.23. The minimum Gasteiger partial charge on any atom is -0.493 e. The first-order valence-electron chi connectivity index (χ1n) is 7.58. The zero-order chi connectivity index (χ0) is 17.1. The average Bonchev–Trinajstić information content (AvgIpc) is 2.57. The number of ether oxygens (including phenoxy) is 1. The lowest BCUT2D eigenvalue weighted by Crippen LogP contribution is -2.34. The summed E-state index contributed by atoms with van der Waals surface area (Å²) < 4.78 is 6.27. The van der Waals surface area contributed by atoms with Gasteiger partial charge in [-0.05, 0) is 19.1 Å². The second-order valence-electron chi connectivity index (χ2n) is 5.48. The molecule has 2 heterocycles. The van der Waals surface area contributed by atoms with Crippen molar-refractivity contribution >= 4 is 6.21 Å². The molecular formula is C16H18N4O4. The molecule has 2 N–H and O–H groups in total. The number of H-pyrrole nitrogens is 1. The maximum absolute atomic E-state index is 12.1. The van der Waals surface area contributed by atoms with E-state index in [2.05, 4.69) is 10.1 Å². The van der Waals surface area contributed by atoms with E-state index in [9.17, 15) is 14.7 Å². The zero-order valence-corrected chi connectivity index (χ0v) is 13.2.